The standard InChI is InChI=1S/C52H78O8/c1-5-9-11-17-39-23-27-41(28-24-39)19-13-15-21-43-31-35-45(36-32-43)49(53)59-47(51(55)57-7-3)48(52(56)58-8-4)60-50(54)46-37-33-44(34-38-46)22-16-14-20-42-29-25-40(26-30-42)18-12-10-6-2/h31-42,47-48H,5-30H2,1-4H3/t39-,40-,41-,42-,47-,48-/m1/s1. The smallest absolute Gasteiger partial charge is 0.352 e. The third-order valence-electron chi connectivity index (χ3n) is 13.2. The SMILES string of the molecule is CCCCC[C@H]1CC[C@H](CCCCc2ccc(C(=O)O[C@@H](C(=O)OCC)[C@@H](OC(=O)c3ccc(CCCC[C@H]4CC[C@H](CCCCC)CC4)cc3)C(=O)OCC)cc2)CC1. The molecule has 0 amide bonds. The maximum Gasteiger partial charge on any atom is 0.352 e. The Bertz CT molecular complexity index is 1400. The Balaban J connectivity index is 1.25. The third kappa shape index (κ3) is 17.4. The van der Waals surface area contributed by atoms with Gasteiger partial charge in [0.25, 0.3) is 0 Å². The second kappa shape index (κ2) is 28.0. The summed E-state index contributed by atoms with van der Waals surface area (Å²) >= 11 is 0. The molecular weight excluding hydrogens is 753 g/mol. The average Bonchev–Trinajstić information content (AvgIpc) is 3.26. The van der Waals surface area contributed by atoms with Crippen molar-refractivity contribution in [1.82, 2.24) is 0 Å². The molecule has 8 heteroatoms. The Morgan fingerprint density at radius 2 is 0.750 bits per heavy atom. The molecule has 2 saturated carbocycles. The third-order valence-corrected chi connectivity index (χ3v) is 13.2. The number of carbonyl (C=O) groups is 4. The highest BCUT2D eigenvalue weighted by atomic mass is 16.6. The molecule has 334 valence electrons. The van der Waals surface area contributed by atoms with Crippen molar-refractivity contribution < 1.29 is 38.1 Å². The van der Waals surface area contributed by atoms with Crippen molar-refractivity contribution in [2.75, 3.05) is 13.2 Å². The number of aryl methyl sites for hydroxylation is 2. The van der Waals surface area contributed by atoms with Crippen molar-refractivity contribution in [3.8, 4) is 0 Å². The fourth-order valence-electron chi connectivity index (χ4n) is 9.41. The summed E-state index contributed by atoms with van der Waals surface area (Å²) in [6, 6.07) is 14.2. The van der Waals surface area contributed by atoms with Gasteiger partial charge in [-0.3, -0.25) is 0 Å². The largest absolute Gasteiger partial charge is 0.463 e. The Kier molecular flexibility index (Phi) is 22.9. The Hall–Kier alpha value is -3.68. The zero-order chi connectivity index (χ0) is 43.0. The van der Waals surface area contributed by atoms with Crippen LogP contribution < -0.4 is 0 Å². The molecule has 0 aliphatic heterocycles. The first kappa shape index (κ1) is 49.0. The summed E-state index contributed by atoms with van der Waals surface area (Å²) in [6.45, 7) is 7.68. The van der Waals surface area contributed by atoms with E-state index in [9.17, 15) is 19.2 Å². The lowest BCUT2D eigenvalue weighted by Crippen LogP contribution is -2.47. The number of esters is 4. The van der Waals surface area contributed by atoms with Crippen LogP contribution in [0.2, 0.25) is 0 Å². The monoisotopic (exact) mass is 831 g/mol. The molecule has 60 heavy (non-hydrogen) atoms. The minimum atomic E-state index is -1.86. The predicted octanol–water partition coefficient (Wildman–Crippen LogP) is 12.8. The summed E-state index contributed by atoms with van der Waals surface area (Å²) in [4.78, 5) is 53.2. The van der Waals surface area contributed by atoms with Gasteiger partial charge in [-0.05, 0) is 98.6 Å². The molecule has 0 bridgehead atoms. The molecule has 2 aliphatic rings. The van der Waals surface area contributed by atoms with Crippen molar-refractivity contribution in [3.05, 3.63) is 70.8 Å². The van der Waals surface area contributed by atoms with Crippen LogP contribution in [-0.4, -0.2) is 49.3 Å². The van der Waals surface area contributed by atoms with Crippen molar-refractivity contribution in [2.24, 2.45) is 23.7 Å². The maximum atomic E-state index is 13.4. The van der Waals surface area contributed by atoms with Crippen LogP contribution in [0.1, 0.15) is 201 Å². The number of carbonyl (C=O) groups excluding carboxylic acids is 4. The molecule has 8 nitrogen and oxygen atoms in total. The zero-order valence-corrected chi connectivity index (χ0v) is 37.7. The van der Waals surface area contributed by atoms with Gasteiger partial charge < -0.3 is 18.9 Å². The first-order valence-corrected chi connectivity index (χ1v) is 24.2. The lowest BCUT2D eigenvalue weighted by atomic mass is 9.78. The van der Waals surface area contributed by atoms with Gasteiger partial charge in [0.1, 0.15) is 0 Å². The fourth-order valence-corrected chi connectivity index (χ4v) is 9.41. The molecule has 0 radical (unpaired) electrons. The molecule has 0 N–H and O–H groups in total. The molecule has 2 fully saturated rings. The van der Waals surface area contributed by atoms with Crippen molar-refractivity contribution >= 4 is 23.9 Å². The number of hydrogen-bond acceptors (Lipinski definition) is 8. The summed E-state index contributed by atoms with van der Waals surface area (Å²) in [5, 5.41) is 0. The van der Waals surface area contributed by atoms with E-state index in [1.807, 2.05) is 24.3 Å². The van der Waals surface area contributed by atoms with Crippen LogP contribution in [0.25, 0.3) is 0 Å². The fraction of sp³-hybridized carbons (Fsp3) is 0.692. The summed E-state index contributed by atoms with van der Waals surface area (Å²) in [5.74, 6) is -0.128. The lowest BCUT2D eigenvalue weighted by molar-refractivity contribution is -0.173. The van der Waals surface area contributed by atoms with E-state index in [0.29, 0.717) is 0 Å². The highest BCUT2D eigenvalue weighted by molar-refractivity contribution is 5.96. The first-order chi connectivity index (χ1) is 29.2. The molecule has 0 unspecified atom stereocenters. The highest BCUT2D eigenvalue weighted by Crippen LogP contribution is 2.36. The van der Waals surface area contributed by atoms with Gasteiger partial charge in [-0.1, -0.05) is 167 Å². The van der Waals surface area contributed by atoms with Crippen molar-refractivity contribution in [1.29, 1.82) is 0 Å². The van der Waals surface area contributed by atoms with Gasteiger partial charge in [-0.15, -0.1) is 0 Å². The van der Waals surface area contributed by atoms with Crippen LogP contribution in [0.15, 0.2) is 48.5 Å². The Morgan fingerprint density at radius 3 is 1.03 bits per heavy atom. The molecule has 2 aliphatic carbocycles. The van der Waals surface area contributed by atoms with Gasteiger partial charge in [-0.2, -0.15) is 0 Å². The van der Waals surface area contributed by atoms with Crippen LogP contribution in [0.3, 0.4) is 0 Å². The van der Waals surface area contributed by atoms with Crippen LogP contribution in [0.4, 0.5) is 0 Å². The molecule has 0 spiro atoms. The van der Waals surface area contributed by atoms with E-state index in [2.05, 4.69) is 13.8 Å². The summed E-state index contributed by atoms with van der Waals surface area (Å²) in [7, 11) is 0. The summed E-state index contributed by atoms with van der Waals surface area (Å²) < 4.78 is 21.6. The zero-order valence-electron chi connectivity index (χ0n) is 37.7. The van der Waals surface area contributed by atoms with Crippen molar-refractivity contribution in [2.45, 2.75) is 194 Å². The van der Waals surface area contributed by atoms with Gasteiger partial charge in [0.15, 0.2) is 0 Å². The number of hydrogen-bond donors (Lipinski definition) is 0. The van der Waals surface area contributed by atoms with E-state index >= 15 is 0 Å². The Labute approximate surface area is 362 Å². The average molecular weight is 831 g/mol. The van der Waals surface area contributed by atoms with Crippen LogP contribution in [0.5, 0.6) is 0 Å². The van der Waals surface area contributed by atoms with E-state index in [1.165, 1.54) is 128 Å². The minimum absolute atomic E-state index is 0.0346. The molecule has 0 heterocycles. The topological polar surface area (TPSA) is 105 Å². The van der Waals surface area contributed by atoms with E-state index in [1.54, 1.807) is 38.1 Å². The van der Waals surface area contributed by atoms with Gasteiger partial charge in [0, 0.05) is 0 Å². The van der Waals surface area contributed by atoms with Crippen LogP contribution >= 0.6 is 0 Å². The van der Waals surface area contributed by atoms with E-state index in [0.717, 1.165) is 60.5 Å². The van der Waals surface area contributed by atoms with Gasteiger partial charge in [-0.25, -0.2) is 19.2 Å². The van der Waals surface area contributed by atoms with E-state index in [4.69, 9.17) is 18.9 Å². The highest BCUT2D eigenvalue weighted by Gasteiger charge is 2.43. The van der Waals surface area contributed by atoms with Gasteiger partial charge in [0.2, 0.25) is 12.2 Å². The van der Waals surface area contributed by atoms with Crippen LogP contribution in [0, 0.1) is 23.7 Å². The number of rotatable bonds is 27. The summed E-state index contributed by atoms with van der Waals surface area (Å²) in [6.07, 6.45) is 27.1. The normalized spacial score (nSPS) is 20.1. The molecule has 0 saturated heterocycles. The van der Waals surface area contributed by atoms with Crippen LogP contribution in [-0.2, 0) is 41.4 Å². The number of unbranched alkanes of at least 4 members (excludes halogenated alkanes) is 6. The maximum absolute atomic E-state index is 13.4. The van der Waals surface area contributed by atoms with E-state index < -0.39 is 36.1 Å². The first-order valence-electron chi connectivity index (χ1n) is 24.2. The molecular formula is C52H78O8. The molecule has 4 rings (SSSR count). The molecule has 2 aromatic rings. The summed E-state index contributed by atoms with van der Waals surface area (Å²) in [5.41, 5.74) is 2.64. The second-order valence-corrected chi connectivity index (χ2v) is 17.8. The predicted molar refractivity (Wildman–Crippen MR) is 239 cm³/mol. The van der Waals surface area contributed by atoms with Crippen molar-refractivity contribution in [3.63, 3.8) is 0 Å². The molecule has 0 aromatic heterocycles. The number of ether oxygens (including phenoxy) is 4. The second-order valence-electron chi connectivity index (χ2n) is 17.8. The quantitative estimate of drug-likeness (QED) is 0.0498. The van der Waals surface area contributed by atoms with E-state index in [-0.39, 0.29) is 24.3 Å². The number of benzene rings is 2. The van der Waals surface area contributed by atoms with Gasteiger partial charge in [0.05, 0.1) is 24.3 Å². The van der Waals surface area contributed by atoms with Gasteiger partial charge >= 0.3 is 23.9 Å². The molecule has 2 atom stereocenters. The minimum Gasteiger partial charge on any atom is -0.463 e. The molecule has 2 aromatic carbocycles. The Morgan fingerprint density at radius 1 is 0.450 bits per heavy atom. The lowest BCUT2D eigenvalue weighted by Gasteiger charge is -2.28.